The maximum Gasteiger partial charge on any atom is 0.408 e. The summed E-state index contributed by atoms with van der Waals surface area (Å²) in [5.74, 6) is -0.789. The fraction of sp³-hybridized carbons (Fsp3) is 0.400. The number of likely N-dealkylation sites (tertiary alicyclic amines) is 1. The van der Waals surface area contributed by atoms with Crippen molar-refractivity contribution in [3.63, 3.8) is 0 Å². The van der Waals surface area contributed by atoms with Crippen molar-refractivity contribution < 1.29 is 23.9 Å². The molecule has 1 aliphatic heterocycles. The number of esters is 1. The molecule has 1 saturated heterocycles. The fourth-order valence-electron chi connectivity index (χ4n) is 2.16. The standard InChI is InChI=1S/C15H18N2O5/c1-21-13(18)9-17-8-7-12(14(17)19)16-15(20)22-10-11-5-3-2-4-6-11/h2-6,12H,7-10H2,1H3,(H,16,20)/t12-/m1/s1. The third-order valence-electron chi connectivity index (χ3n) is 3.35. The Balaban J connectivity index is 1.77. The number of hydrogen-bond donors (Lipinski definition) is 1. The molecule has 1 atom stereocenters. The lowest BCUT2D eigenvalue weighted by molar-refractivity contribution is -0.145. The van der Waals surface area contributed by atoms with Crippen molar-refractivity contribution in [2.24, 2.45) is 0 Å². The molecular weight excluding hydrogens is 288 g/mol. The second-order valence-corrected chi connectivity index (χ2v) is 4.88. The highest BCUT2D eigenvalue weighted by atomic mass is 16.5. The van der Waals surface area contributed by atoms with Gasteiger partial charge in [0.05, 0.1) is 7.11 Å². The van der Waals surface area contributed by atoms with Gasteiger partial charge >= 0.3 is 12.1 Å². The van der Waals surface area contributed by atoms with Crippen LogP contribution in [0.5, 0.6) is 0 Å². The lowest BCUT2D eigenvalue weighted by atomic mass is 10.2. The van der Waals surface area contributed by atoms with Crippen LogP contribution in [-0.4, -0.2) is 49.1 Å². The molecule has 1 aliphatic rings. The van der Waals surface area contributed by atoms with Crippen molar-refractivity contribution in [1.82, 2.24) is 10.2 Å². The first-order valence-corrected chi connectivity index (χ1v) is 6.93. The van der Waals surface area contributed by atoms with Gasteiger partial charge in [0.2, 0.25) is 5.91 Å². The quantitative estimate of drug-likeness (QED) is 0.809. The van der Waals surface area contributed by atoms with Gasteiger partial charge in [0.1, 0.15) is 19.2 Å². The van der Waals surface area contributed by atoms with E-state index in [0.29, 0.717) is 13.0 Å². The fourth-order valence-corrected chi connectivity index (χ4v) is 2.16. The van der Waals surface area contributed by atoms with Crippen LogP contribution in [0.15, 0.2) is 30.3 Å². The van der Waals surface area contributed by atoms with Gasteiger partial charge < -0.3 is 19.7 Å². The van der Waals surface area contributed by atoms with Crippen LogP contribution in [0.2, 0.25) is 0 Å². The number of rotatable bonds is 5. The second-order valence-electron chi connectivity index (χ2n) is 4.88. The molecule has 0 spiro atoms. The first-order chi connectivity index (χ1) is 10.6. The molecular formula is C15H18N2O5. The summed E-state index contributed by atoms with van der Waals surface area (Å²) in [6, 6.07) is 8.59. The zero-order valence-electron chi connectivity index (χ0n) is 12.3. The van der Waals surface area contributed by atoms with Gasteiger partial charge in [-0.3, -0.25) is 9.59 Å². The molecule has 7 nitrogen and oxygen atoms in total. The molecule has 0 aromatic heterocycles. The maximum absolute atomic E-state index is 12.0. The molecule has 22 heavy (non-hydrogen) atoms. The Bertz CT molecular complexity index is 546. The summed E-state index contributed by atoms with van der Waals surface area (Å²) in [4.78, 5) is 36.3. The van der Waals surface area contributed by atoms with E-state index in [0.717, 1.165) is 5.56 Å². The second kappa shape index (κ2) is 7.44. The number of hydrogen-bond acceptors (Lipinski definition) is 5. The zero-order valence-corrected chi connectivity index (χ0v) is 12.3. The molecule has 2 rings (SSSR count). The molecule has 0 unspecified atom stereocenters. The van der Waals surface area contributed by atoms with Gasteiger partial charge in [-0.05, 0) is 12.0 Å². The number of carbonyl (C=O) groups excluding carboxylic acids is 3. The SMILES string of the molecule is COC(=O)CN1CC[C@@H](NC(=O)OCc2ccccc2)C1=O. The summed E-state index contributed by atoms with van der Waals surface area (Å²) < 4.78 is 9.58. The smallest absolute Gasteiger partial charge is 0.408 e. The topological polar surface area (TPSA) is 84.9 Å². The van der Waals surface area contributed by atoms with Crippen molar-refractivity contribution in [2.75, 3.05) is 20.2 Å². The van der Waals surface area contributed by atoms with Gasteiger partial charge in [0.25, 0.3) is 0 Å². The third-order valence-corrected chi connectivity index (χ3v) is 3.35. The summed E-state index contributed by atoms with van der Waals surface area (Å²) >= 11 is 0. The lowest BCUT2D eigenvalue weighted by Gasteiger charge is -2.15. The van der Waals surface area contributed by atoms with Crippen molar-refractivity contribution in [3.8, 4) is 0 Å². The number of benzene rings is 1. The normalized spacial score (nSPS) is 17.2. The number of carbonyl (C=O) groups is 3. The van der Waals surface area contributed by atoms with Crippen LogP contribution in [0.25, 0.3) is 0 Å². The first-order valence-electron chi connectivity index (χ1n) is 6.93. The average molecular weight is 306 g/mol. The summed E-state index contributed by atoms with van der Waals surface area (Å²) in [6.07, 6.45) is -0.210. The number of methoxy groups -OCH3 is 1. The molecule has 1 fully saturated rings. The molecule has 0 bridgehead atoms. The predicted molar refractivity (Wildman–Crippen MR) is 76.8 cm³/mol. The van der Waals surface area contributed by atoms with E-state index in [1.165, 1.54) is 12.0 Å². The van der Waals surface area contributed by atoms with E-state index in [9.17, 15) is 14.4 Å². The van der Waals surface area contributed by atoms with E-state index < -0.39 is 18.1 Å². The van der Waals surface area contributed by atoms with Gasteiger partial charge in [0, 0.05) is 6.54 Å². The van der Waals surface area contributed by atoms with Gasteiger partial charge in [-0.15, -0.1) is 0 Å². The molecule has 0 radical (unpaired) electrons. The summed E-state index contributed by atoms with van der Waals surface area (Å²) in [7, 11) is 1.26. The Morgan fingerprint density at radius 1 is 1.32 bits per heavy atom. The molecule has 1 heterocycles. The minimum absolute atomic E-state index is 0.105. The number of ether oxygens (including phenoxy) is 2. The van der Waals surface area contributed by atoms with E-state index in [-0.39, 0.29) is 19.1 Å². The van der Waals surface area contributed by atoms with Crippen molar-refractivity contribution in [3.05, 3.63) is 35.9 Å². The minimum Gasteiger partial charge on any atom is -0.468 e. The van der Waals surface area contributed by atoms with Crippen LogP contribution < -0.4 is 5.32 Å². The van der Waals surface area contributed by atoms with Gasteiger partial charge in [-0.25, -0.2) is 4.79 Å². The van der Waals surface area contributed by atoms with Crippen molar-refractivity contribution >= 4 is 18.0 Å². The highest BCUT2D eigenvalue weighted by molar-refractivity contribution is 5.90. The summed E-state index contributed by atoms with van der Waals surface area (Å²) in [5, 5.41) is 2.52. The maximum atomic E-state index is 12.0. The number of nitrogens with zero attached hydrogens (tertiary/aromatic N) is 1. The average Bonchev–Trinajstić information content (AvgIpc) is 2.87. The van der Waals surface area contributed by atoms with Crippen LogP contribution in [0.4, 0.5) is 4.79 Å². The monoisotopic (exact) mass is 306 g/mol. The molecule has 1 N–H and O–H groups in total. The molecule has 2 amide bonds. The Morgan fingerprint density at radius 3 is 2.73 bits per heavy atom. The Labute approximate surface area is 128 Å². The summed E-state index contributed by atoms with van der Waals surface area (Å²) in [5.41, 5.74) is 0.864. The highest BCUT2D eigenvalue weighted by Crippen LogP contribution is 2.11. The van der Waals surface area contributed by atoms with E-state index in [4.69, 9.17) is 4.74 Å². The van der Waals surface area contributed by atoms with E-state index in [2.05, 4.69) is 10.1 Å². The van der Waals surface area contributed by atoms with E-state index >= 15 is 0 Å². The Morgan fingerprint density at radius 2 is 2.05 bits per heavy atom. The molecule has 7 heteroatoms. The summed E-state index contributed by atoms with van der Waals surface area (Å²) in [6.45, 7) is 0.434. The highest BCUT2D eigenvalue weighted by Gasteiger charge is 2.34. The number of nitrogens with one attached hydrogen (secondary N) is 1. The number of amides is 2. The van der Waals surface area contributed by atoms with Crippen LogP contribution in [-0.2, 0) is 25.7 Å². The van der Waals surface area contributed by atoms with E-state index in [1.54, 1.807) is 0 Å². The molecule has 0 saturated carbocycles. The van der Waals surface area contributed by atoms with Gasteiger partial charge in [-0.1, -0.05) is 30.3 Å². The van der Waals surface area contributed by atoms with Crippen LogP contribution >= 0.6 is 0 Å². The minimum atomic E-state index is -0.659. The largest absolute Gasteiger partial charge is 0.468 e. The lowest BCUT2D eigenvalue weighted by Crippen LogP contribution is -2.42. The van der Waals surface area contributed by atoms with E-state index in [1.807, 2.05) is 30.3 Å². The molecule has 0 aliphatic carbocycles. The predicted octanol–water partition coefficient (Wildman–Crippen LogP) is 0.687. The van der Waals surface area contributed by atoms with Gasteiger partial charge in [-0.2, -0.15) is 0 Å². The molecule has 118 valence electrons. The molecule has 1 aromatic rings. The van der Waals surface area contributed by atoms with Crippen LogP contribution in [0.1, 0.15) is 12.0 Å². The van der Waals surface area contributed by atoms with Gasteiger partial charge in [0.15, 0.2) is 0 Å². The first kappa shape index (κ1) is 15.8. The Kier molecular flexibility index (Phi) is 5.35. The zero-order chi connectivity index (χ0) is 15.9. The molecule has 1 aromatic carbocycles. The van der Waals surface area contributed by atoms with Crippen molar-refractivity contribution in [2.45, 2.75) is 19.1 Å². The van der Waals surface area contributed by atoms with Crippen LogP contribution in [0, 0.1) is 0 Å². The van der Waals surface area contributed by atoms with Crippen LogP contribution in [0.3, 0.4) is 0 Å². The Hall–Kier alpha value is -2.57. The number of alkyl carbamates (subject to hydrolysis) is 1. The third kappa shape index (κ3) is 4.21. The van der Waals surface area contributed by atoms with Crippen molar-refractivity contribution in [1.29, 1.82) is 0 Å².